The Morgan fingerprint density at radius 3 is 2.71 bits per heavy atom. The van der Waals surface area contributed by atoms with Gasteiger partial charge in [0.1, 0.15) is 0 Å². The van der Waals surface area contributed by atoms with Crippen LogP contribution in [0.4, 0.5) is 14.5 Å². The SMILES string of the molecule is O=C(Nc1ccc(F)c(F)c1)c1cccc(S(=O)(=O)N2CCOCC(O)C2)c1. The number of anilines is 1. The largest absolute Gasteiger partial charge is 0.389 e. The molecule has 0 saturated carbocycles. The van der Waals surface area contributed by atoms with Crippen molar-refractivity contribution in [2.75, 3.05) is 31.6 Å². The molecule has 1 atom stereocenters. The molecular formula is C18H18F2N2O5S. The molecule has 1 unspecified atom stereocenters. The lowest BCUT2D eigenvalue weighted by Gasteiger charge is -2.21. The first-order chi connectivity index (χ1) is 13.3. The van der Waals surface area contributed by atoms with Crippen LogP contribution >= 0.6 is 0 Å². The van der Waals surface area contributed by atoms with Crippen LogP contribution in [0.3, 0.4) is 0 Å². The Morgan fingerprint density at radius 1 is 1.18 bits per heavy atom. The molecule has 1 fully saturated rings. The van der Waals surface area contributed by atoms with Gasteiger partial charge >= 0.3 is 0 Å². The molecule has 0 aliphatic carbocycles. The topological polar surface area (TPSA) is 95.9 Å². The minimum absolute atomic E-state index is 0.0254. The summed E-state index contributed by atoms with van der Waals surface area (Å²) in [7, 11) is -3.96. The molecule has 28 heavy (non-hydrogen) atoms. The van der Waals surface area contributed by atoms with Gasteiger partial charge in [0.25, 0.3) is 5.91 Å². The summed E-state index contributed by atoms with van der Waals surface area (Å²) in [6.45, 7) is 0.146. The third-order valence-corrected chi connectivity index (χ3v) is 5.98. The van der Waals surface area contributed by atoms with Crippen molar-refractivity contribution >= 4 is 21.6 Å². The van der Waals surface area contributed by atoms with E-state index in [-0.39, 0.29) is 42.4 Å². The lowest BCUT2D eigenvalue weighted by molar-refractivity contribution is 0.0583. The highest BCUT2D eigenvalue weighted by Crippen LogP contribution is 2.20. The van der Waals surface area contributed by atoms with Crippen molar-refractivity contribution in [3.05, 3.63) is 59.7 Å². The first-order valence-corrected chi connectivity index (χ1v) is 9.84. The van der Waals surface area contributed by atoms with Gasteiger partial charge in [0.2, 0.25) is 10.0 Å². The number of aliphatic hydroxyl groups excluding tert-OH is 1. The van der Waals surface area contributed by atoms with Crippen LogP contribution in [0.2, 0.25) is 0 Å². The van der Waals surface area contributed by atoms with Crippen molar-refractivity contribution in [1.82, 2.24) is 4.31 Å². The van der Waals surface area contributed by atoms with Crippen LogP contribution in [0.5, 0.6) is 0 Å². The van der Waals surface area contributed by atoms with Crippen molar-refractivity contribution < 1.29 is 31.8 Å². The van der Waals surface area contributed by atoms with Gasteiger partial charge in [-0.1, -0.05) is 6.07 Å². The number of rotatable bonds is 4. The lowest BCUT2D eigenvalue weighted by Crippen LogP contribution is -2.37. The van der Waals surface area contributed by atoms with Crippen molar-refractivity contribution in [2.45, 2.75) is 11.0 Å². The molecule has 2 N–H and O–H groups in total. The maximum Gasteiger partial charge on any atom is 0.255 e. The minimum Gasteiger partial charge on any atom is -0.389 e. The van der Waals surface area contributed by atoms with Gasteiger partial charge in [0.05, 0.1) is 24.2 Å². The van der Waals surface area contributed by atoms with Crippen LogP contribution in [-0.4, -0.2) is 56.1 Å². The highest BCUT2D eigenvalue weighted by molar-refractivity contribution is 7.89. The summed E-state index contributed by atoms with van der Waals surface area (Å²) < 4.78 is 58.2. The molecule has 2 aromatic carbocycles. The average molecular weight is 412 g/mol. The van der Waals surface area contributed by atoms with Gasteiger partial charge in [-0.2, -0.15) is 4.31 Å². The summed E-state index contributed by atoms with van der Waals surface area (Å²) in [6.07, 6.45) is -0.947. The second kappa shape index (κ2) is 8.31. The van der Waals surface area contributed by atoms with Crippen molar-refractivity contribution in [2.24, 2.45) is 0 Å². The highest BCUT2D eigenvalue weighted by atomic mass is 32.2. The van der Waals surface area contributed by atoms with Crippen LogP contribution in [0.1, 0.15) is 10.4 Å². The fraction of sp³-hybridized carbons (Fsp3) is 0.278. The summed E-state index contributed by atoms with van der Waals surface area (Å²) in [5, 5.41) is 12.2. The zero-order valence-electron chi connectivity index (χ0n) is 14.6. The third-order valence-electron chi connectivity index (χ3n) is 4.12. The Hall–Kier alpha value is -2.40. The van der Waals surface area contributed by atoms with E-state index in [4.69, 9.17) is 4.74 Å². The molecule has 1 amide bonds. The predicted molar refractivity (Wildman–Crippen MR) is 96.3 cm³/mol. The molecule has 3 rings (SSSR count). The smallest absolute Gasteiger partial charge is 0.255 e. The summed E-state index contributed by atoms with van der Waals surface area (Å²) in [5.41, 5.74) is 0.0578. The lowest BCUT2D eigenvalue weighted by atomic mass is 10.2. The monoisotopic (exact) mass is 412 g/mol. The number of nitrogens with zero attached hydrogens (tertiary/aromatic N) is 1. The Balaban J connectivity index is 1.82. The van der Waals surface area contributed by atoms with Crippen LogP contribution in [0, 0.1) is 11.6 Å². The number of amides is 1. The first kappa shape index (κ1) is 20.3. The third kappa shape index (κ3) is 4.53. The Labute approximate surface area is 160 Å². The zero-order valence-corrected chi connectivity index (χ0v) is 15.5. The van der Waals surface area contributed by atoms with Crippen LogP contribution < -0.4 is 5.32 Å². The van der Waals surface area contributed by atoms with Crippen molar-refractivity contribution in [1.29, 1.82) is 0 Å². The second-order valence-corrected chi connectivity index (χ2v) is 8.14. The first-order valence-electron chi connectivity index (χ1n) is 8.40. The zero-order chi connectivity index (χ0) is 20.3. The molecule has 0 aromatic heterocycles. The number of benzene rings is 2. The molecular weight excluding hydrogens is 394 g/mol. The van der Waals surface area contributed by atoms with E-state index >= 15 is 0 Å². The second-order valence-electron chi connectivity index (χ2n) is 6.20. The number of aliphatic hydroxyl groups is 1. The van der Waals surface area contributed by atoms with E-state index < -0.39 is 33.7 Å². The summed E-state index contributed by atoms with van der Waals surface area (Å²) in [6, 6.07) is 8.21. The minimum atomic E-state index is -3.96. The van der Waals surface area contributed by atoms with E-state index in [0.29, 0.717) is 0 Å². The highest BCUT2D eigenvalue weighted by Gasteiger charge is 2.29. The number of hydrogen-bond acceptors (Lipinski definition) is 5. The Bertz CT molecular complexity index is 984. The fourth-order valence-corrected chi connectivity index (χ4v) is 4.21. The molecule has 0 radical (unpaired) electrons. The van der Waals surface area contributed by atoms with Gasteiger partial charge in [-0.25, -0.2) is 17.2 Å². The molecule has 1 saturated heterocycles. The van der Waals surface area contributed by atoms with Gasteiger partial charge in [-0.05, 0) is 30.3 Å². The molecule has 1 aliphatic heterocycles. The van der Waals surface area contributed by atoms with Crippen LogP contribution in [-0.2, 0) is 14.8 Å². The van der Waals surface area contributed by atoms with Crippen molar-refractivity contribution in [3.63, 3.8) is 0 Å². The number of halogens is 2. The van der Waals surface area contributed by atoms with Crippen LogP contribution in [0.15, 0.2) is 47.4 Å². The fourth-order valence-electron chi connectivity index (χ4n) is 2.71. The number of sulfonamides is 1. The van der Waals surface area contributed by atoms with E-state index in [1.807, 2.05) is 0 Å². The van der Waals surface area contributed by atoms with Gasteiger partial charge in [0.15, 0.2) is 11.6 Å². The van der Waals surface area contributed by atoms with Crippen molar-refractivity contribution in [3.8, 4) is 0 Å². The molecule has 150 valence electrons. The van der Waals surface area contributed by atoms with E-state index in [0.717, 1.165) is 16.4 Å². The number of nitrogens with one attached hydrogen (secondary N) is 1. The molecule has 10 heteroatoms. The van der Waals surface area contributed by atoms with Gasteiger partial charge < -0.3 is 15.2 Å². The van der Waals surface area contributed by atoms with Gasteiger partial charge in [-0.15, -0.1) is 0 Å². The Kier molecular flexibility index (Phi) is 6.04. The normalized spacial score (nSPS) is 18.5. The number of carbonyl (C=O) groups is 1. The summed E-state index contributed by atoms with van der Waals surface area (Å²) >= 11 is 0. The quantitative estimate of drug-likeness (QED) is 0.795. The number of ether oxygens (including phenoxy) is 1. The summed E-state index contributed by atoms with van der Waals surface area (Å²) in [5.74, 6) is -2.84. The summed E-state index contributed by atoms with van der Waals surface area (Å²) in [4.78, 5) is 12.3. The Morgan fingerprint density at radius 2 is 1.96 bits per heavy atom. The van der Waals surface area contributed by atoms with E-state index in [1.165, 1.54) is 30.3 Å². The molecule has 1 aliphatic rings. The van der Waals surface area contributed by atoms with Gasteiger partial charge in [-0.3, -0.25) is 4.79 Å². The number of carbonyl (C=O) groups excluding carboxylic acids is 1. The molecule has 0 bridgehead atoms. The predicted octanol–water partition coefficient (Wildman–Crippen LogP) is 1.60. The average Bonchev–Trinajstić information content (AvgIpc) is 2.90. The number of hydrogen-bond donors (Lipinski definition) is 2. The van der Waals surface area contributed by atoms with Gasteiger partial charge in [0, 0.05) is 30.4 Å². The van der Waals surface area contributed by atoms with Crippen LogP contribution in [0.25, 0.3) is 0 Å². The number of β-amino-alcohol motifs (C(OH)–C–C–N with tert-alkyl or cyclic N) is 1. The maximum absolute atomic E-state index is 13.3. The molecule has 1 heterocycles. The molecule has 7 nitrogen and oxygen atoms in total. The van der Waals surface area contributed by atoms with E-state index in [2.05, 4.69) is 5.32 Å². The molecule has 2 aromatic rings. The standard InChI is InChI=1S/C18H18F2N2O5S/c19-16-5-4-13(9-17(16)20)21-18(24)12-2-1-3-15(8-12)28(25,26)22-6-7-27-11-14(23)10-22/h1-5,8-9,14,23H,6-7,10-11H2,(H,21,24). The maximum atomic E-state index is 13.3. The molecule has 0 spiro atoms. The van der Waals surface area contributed by atoms with E-state index in [1.54, 1.807) is 0 Å². The van der Waals surface area contributed by atoms with E-state index in [9.17, 15) is 27.1 Å².